The van der Waals surface area contributed by atoms with Gasteiger partial charge in [-0.3, -0.25) is 10.1 Å². The molecule has 0 bridgehead atoms. The average Bonchev–Trinajstić information content (AvgIpc) is 3.00. The Kier molecular flexibility index (Phi) is 11.8. The number of halogens is 1. The normalized spacial score (nSPS) is 11.3. The Morgan fingerprint density at radius 3 is 2.26 bits per heavy atom. The molecule has 4 rings (SSSR count). The van der Waals surface area contributed by atoms with E-state index in [1.807, 2.05) is 19.1 Å². The first-order valence-electron chi connectivity index (χ1n) is 15.5. The molecule has 0 radical (unpaired) electrons. The Balaban J connectivity index is 1.20. The molecule has 0 aliphatic heterocycles. The maximum absolute atomic E-state index is 14.4. The Bertz CT molecular complexity index is 1660. The summed E-state index contributed by atoms with van der Waals surface area (Å²) in [6.45, 7) is 7.78. The Morgan fingerprint density at radius 2 is 1.57 bits per heavy atom. The molecule has 244 valence electrons. The van der Waals surface area contributed by atoms with E-state index in [0.29, 0.717) is 41.2 Å². The fourth-order valence-corrected chi connectivity index (χ4v) is 4.87. The van der Waals surface area contributed by atoms with E-state index in [4.69, 9.17) is 14.2 Å². The maximum Gasteiger partial charge on any atom is 0.412 e. The van der Waals surface area contributed by atoms with Crippen molar-refractivity contribution in [3.8, 4) is 22.8 Å². The van der Waals surface area contributed by atoms with Crippen LogP contribution in [-0.2, 0) is 9.53 Å². The van der Waals surface area contributed by atoms with Crippen LogP contribution in [0.15, 0.2) is 55.0 Å². The van der Waals surface area contributed by atoms with Crippen LogP contribution in [0, 0.1) is 12.7 Å². The van der Waals surface area contributed by atoms with Crippen molar-refractivity contribution in [3.05, 3.63) is 66.5 Å². The number of pyridine rings is 1. The second-order valence-corrected chi connectivity index (χ2v) is 12.0. The van der Waals surface area contributed by atoms with Crippen molar-refractivity contribution in [1.29, 1.82) is 0 Å². The van der Waals surface area contributed by atoms with Crippen LogP contribution in [-0.4, -0.2) is 46.3 Å². The number of hydrogen-bond donors (Lipinski definition) is 2. The predicted molar refractivity (Wildman–Crippen MR) is 177 cm³/mol. The van der Waals surface area contributed by atoms with Gasteiger partial charge < -0.3 is 19.5 Å². The van der Waals surface area contributed by atoms with E-state index in [1.165, 1.54) is 19.5 Å². The van der Waals surface area contributed by atoms with Gasteiger partial charge in [0, 0.05) is 29.3 Å². The molecule has 0 atom stereocenters. The number of benzene rings is 2. The second-order valence-electron chi connectivity index (χ2n) is 12.0. The second kappa shape index (κ2) is 16.0. The SMILES string of the molecule is COc1ncc(-c2cc(OCCCCCCCCC(=O)Nc3ccccc3NC(=O)OC(C)(C)C)c3ncnc(C)c3c2)cc1F. The van der Waals surface area contributed by atoms with E-state index in [9.17, 15) is 14.0 Å². The third-order valence-corrected chi connectivity index (χ3v) is 7.13. The fraction of sp³-hybridized carbons (Fsp3) is 0.400. The number of nitrogens with zero attached hydrogens (tertiary/aromatic N) is 3. The van der Waals surface area contributed by atoms with Crippen molar-refractivity contribution in [2.45, 2.75) is 78.2 Å². The molecule has 0 unspecified atom stereocenters. The Labute approximate surface area is 269 Å². The first kappa shape index (κ1) is 34.1. The summed E-state index contributed by atoms with van der Waals surface area (Å²) in [5.41, 5.74) is 3.26. The lowest BCUT2D eigenvalue weighted by molar-refractivity contribution is -0.116. The number of carbonyl (C=O) groups is 2. The zero-order chi connectivity index (χ0) is 33.1. The number of anilines is 2. The van der Waals surface area contributed by atoms with Crippen LogP contribution in [0.5, 0.6) is 11.6 Å². The molecular formula is C35H42FN5O5. The van der Waals surface area contributed by atoms with Crippen molar-refractivity contribution in [3.63, 3.8) is 0 Å². The van der Waals surface area contributed by atoms with E-state index in [2.05, 4.69) is 25.6 Å². The van der Waals surface area contributed by atoms with E-state index >= 15 is 0 Å². The van der Waals surface area contributed by atoms with Gasteiger partial charge in [-0.05, 0) is 76.4 Å². The highest BCUT2D eigenvalue weighted by molar-refractivity contribution is 5.97. The lowest BCUT2D eigenvalue weighted by atomic mass is 10.0. The number of nitrogens with one attached hydrogen (secondary N) is 2. The van der Waals surface area contributed by atoms with E-state index in [1.54, 1.807) is 51.2 Å². The largest absolute Gasteiger partial charge is 0.491 e. The van der Waals surface area contributed by atoms with Crippen LogP contribution in [0.4, 0.5) is 20.6 Å². The number of para-hydroxylation sites is 2. The maximum atomic E-state index is 14.4. The average molecular weight is 632 g/mol. The summed E-state index contributed by atoms with van der Waals surface area (Å²) < 4.78 is 30.8. The standard InChI is InChI=1S/C35H42FN5O5/c1-23-26-18-24(25-19-27(36)33(44-5)37-21-25)20-30(32(26)39-22-38-23)45-17-13-9-7-6-8-10-16-31(42)40-28-14-11-12-15-29(28)41-34(43)46-35(2,3)4/h11-12,14-15,18-22H,6-10,13,16-17H2,1-5H3,(H,40,42)(H,41,43). The molecule has 0 saturated carbocycles. The molecule has 0 spiro atoms. The first-order chi connectivity index (χ1) is 22.0. The van der Waals surface area contributed by atoms with Crippen LogP contribution in [0.3, 0.4) is 0 Å². The predicted octanol–water partition coefficient (Wildman–Crippen LogP) is 8.24. The lowest BCUT2D eigenvalue weighted by Crippen LogP contribution is -2.27. The molecule has 0 aliphatic carbocycles. The van der Waals surface area contributed by atoms with Gasteiger partial charge in [-0.15, -0.1) is 0 Å². The summed E-state index contributed by atoms with van der Waals surface area (Å²) in [5, 5.41) is 6.42. The molecular weight excluding hydrogens is 589 g/mol. The van der Waals surface area contributed by atoms with Crippen LogP contribution < -0.4 is 20.1 Å². The van der Waals surface area contributed by atoms with Gasteiger partial charge in [0.1, 0.15) is 23.2 Å². The topological polar surface area (TPSA) is 125 Å². The molecule has 0 aliphatic rings. The minimum Gasteiger partial charge on any atom is -0.491 e. The van der Waals surface area contributed by atoms with Gasteiger partial charge in [0.15, 0.2) is 5.82 Å². The van der Waals surface area contributed by atoms with Crippen molar-refractivity contribution in [1.82, 2.24) is 15.0 Å². The van der Waals surface area contributed by atoms with Gasteiger partial charge >= 0.3 is 6.09 Å². The monoisotopic (exact) mass is 631 g/mol. The molecule has 2 heterocycles. The van der Waals surface area contributed by atoms with Crippen molar-refractivity contribution < 1.29 is 28.2 Å². The molecule has 2 aromatic carbocycles. The number of hydrogen-bond acceptors (Lipinski definition) is 8. The Morgan fingerprint density at radius 1 is 0.870 bits per heavy atom. The van der Waals surface area contributed by atoms with Crippen molar-refractivity contribution in [2.75, 3.05) is 24.4 Å². The molecule has 2 N–H and O–H groups in total. The number of unbranched alkanes of at least 4 members (excludes halogenated alkanes) is 5. The Hall–Kier alpha value is -4.80. The summed E-state index contributed by atoms with van der Waals surface area (Å²) in [5.74, 6) is -0.0852. The molecule has 0 fully saturated rings. The zero-order valence-corrected chi connectivity index (χ0v) is 27.1. The van der Waals surface area contributed by atoms with Crippen LogP contribution >= 0.6 is 0 Å². The summed E-state index contributed by atoms with van der Waals surface area (Å²) in [6.07, 6.45) is 8.46. The summed E-state index contributed by atoms with van der Waals surface area (Å²) >= 11 is 0. The van der Waals surface area contributed by atoms with Gasteiger partial charge in [0.05, 0.1) is 25.1 Å². The molecule has 0 saturated heterocycles. The van der Waals surface area contributed by atoms with Gasteiger partial charge in [-0.2, -0.15) is 0 Å². The van der Waals surface area contributed by atoms with Crippen LogP contribution in [0.2, 0.25) is 0 Å². The van der Waals surface area contributed by atoms with Crippen LogP contribution in [0.1, 0.15) is 71.4 Å². The third-order valence-electron chi connectivity index (χ3n) is 7.13. The van der Waals surface area contributed by atoms with E-state index in [0.717, 1.165) is 55.2 Å². The van der Waals surface area contributed by atoms with Gasteiger partial charge in [0.2, 0.25) is 11.8 Å². The van der Waals surface area contributed by atoms with Gasteiger partial charge in [-0.25, -0.2) is 24.1 Å². The van der Waals surface area contributed by atoms with Crippen LogP contribution in [0.25, 0.3) is 22.0 Å². The molecule has 2 amide bonds. The van der Waals surface area contributed by atoms with E-state index in [-0.39, 0.29) is 11.8 Å². The highest BCUT2D eigenvalue weighted by Crippen LogP contribution is 2.33. The zero-order valence-electron chi connectivity index (χ0n) is 27.1. The van der Waals surface area contributed by atoms with Crippen molar-refractivity contribution >= 4 is 34.3 Å². The number of fused-ring (bicyclic) bond motifs is 1. The minimum atomic E-state index is -0.621. The number of aromatic nitrogens is 3. The third kappa shape index (κ3) is 9.85. The highest BCUT2D eigenvalue weighted by atomic mass is 19.1. The van der Waals surface area contributed by atoms with Crippen molar-refractivity contribution in [2.24, 2.45) is 0 Å². The number of carbonyl (C=O) groups excluding carboxylic acids is 2. The molecule has 10 nitrogen and oxygen atoms in total. The minimum absolute atomic E-state index is 0.0562. The number of methoxy groups -OCH3 is 1. The van der Waals surface area contributed by atoms with Gasteiger partial charge in [-0.1, -0.05) is 37.8 Å². The quantitative estimate of drug-likeness (QED) is 0.133. The fourth-order valence-electron chi connectivity index (χ4n) is 4.87. The molecule has 4 aromatic rings. The number of aryl methyl sites for hydroxylation is 1. The molecule has 11 heteroatoms. The smallest absolute Gasteiger partial charge is 0.412 e. The summed E-state index contributed by atoms with van der Waals surface area (Å²) in [6, 6.07) is 12.2. The number of ether oxygens (including phenoxy) is 3. The lowest BCUT2D eigenvalue weighted by Gasteiger charge is -2.20. The number of amides is 2. The highest BCUT2D eigenvalue weighted by Gasteiger charge is 2.18. The summed E-state index contributed by atoms with van der Waals surface area (Å²) in [4.78, 5) is 37.5. The molecule has 46 heavy (non-hydrogen) atoms. The summed E-state index contributed by atoms with van der Waals surface area (Å²) in [7, 11) is 1.38. The number of rotatable bonds is 14. The van der Waals surface area contributed by atoms with Gasteiger partial charge in [0.25, 0.3) is 0 Å². The first-order valence-corrected chi connectivity index (χ1v) is 15.5. The van der Waals surface area contributed by atoms with E-state index < -0.39 is 17.5 Å². The molecule has 2 aromatic heterocycles.